The van der Waals surface area contributed by atoms with Crippen molar-refractivity contribution in [2.75, 3.05) is 6.61 Å². The number of unbranched alkanes of at least 4 members (excludes halogenated alkanes) is 7. The minimum Gasteiger partial charge on any atom is -0.494 e. The summed E-state index contributed by atoms with van der Waals surface area (Å²) in [5.74, 6) is 0.865. The van der Waals surface area contributed by atoms with Crippen LogP contribution < -0.4 is 4.74 Å². The summed E-state index contributed by atoms with van der Waals surface area (Å²) in [6.07, 6.45) is 10.4. The van der Waals surface area contributed by atoms with Gasteiger partial charge in [-0.1, -0.05) is 76.1 Å². The first kappa shape index (κ1) is 19.2. The van der Waals surface area contributed by atoms with Crippen LogP contribution in [0.1, 0.15) is 74.2 Å². The summed E-state index contributed by atoms with van der Waals surface area (Å²) in [7, 11) is 0. The summed E-state index contributed by atoms with van der Waals surface area (Å²) in [6.45, 7) is 3.00. The Bertz CT molecular complexity index is 602. The maximum absolute atomic E-state index is 12.3. The van der Waals surface area contributed by atoms with Gasteiger partial charge in [0.25, 0.3) is 0 Å². The molecule has 2 heteroatoms. The van der Waals surface area contributed by atoms with E-state index in [1.165, 1.54) is 44.9 Å². The lowest BCUT2D eigenvalue weighted by molar-refractivity contribution is 0.103. The minimum atomic E-state index is 0.0311. The van der Waals surface area contributed by atoms with Crippen LogP contribution in [0.15, 0.2) is 48.5 Å². The smallest absolute Gasteiger partial charge is 0.193 e. The van der Waals surface area contributed by atoms with E-state index in [2.05, 4.69) is 13.0 Å². The number of benzene rings is 2. The highest BCUT2D eigenvalue weighted by atomic mass is 16.5. The van der Waals surface area contributed by atoms with Gasteiger partial charge in [0.15, 0.2) is 5.78 Å². The van der Waals surface area contributed by atoms with Gasteiger partial charge in [0.2, 0.25) is 0 Å². The molecule has 25 heavy (non-hydrogen) atoms. The summed E-state index contributed by atoms with van der Waals surface area (Å²) in [5, 5.41) is 0. The van der Waals surface area contributed by atoms with Gasteiger partial charge in [-0.15, -0.1) is 0 Å². The Morgan fingerprint density at radius 2 is 1.36 bits per heavy atom. The van der Waals surface area contributed by atoms with Crippen molar-refractivity contribution in [3.05, 3.63) is 65.7 Å². The summed E-state index contributed by atoms with van der Waals surface area (Å²) in [5.41, 5.74) is 1.37. The molecular weight excluding hydrogens is 308 g/mol. The molecule has 0 saturated carbocycles. The zero-order valence-corrected chi connectivity index (χ0v) is 15.3. The maximum Gasteiger partial charge on any atom is 0.193 e. The third-order valence-corrected chi connectivity index (χ3v) is 4.36. The first-order chi connectivity index (χ1) is 12.3. The second-order valence-corrected chi connectivity index (χ2v) is 6.47. The fourth-order valence-electron chi connectivity index (χ4n) is 2.83. The van der Waals surface area contributed by atoms with Gasteiger partial charge in [-0.25, -0.2) is 0 Å². The van der Waals surface area contributed by atoms with Crippen LogP contribution >= 0.6 is 0 Å². The third kappa shape index (κ3) is 7.13. The lowest BCUT2D eigenvalue weighted by atomic mass is 10.0. The second kappa shape index (κ2) is 11.5. The van der Waals surface area contributed by atoms with E-state index in [9.17, 15) is 4.79 Å². The Labute approximate surface area is 152 Å². The van der Waals surface area contributed by atoms with E-state index in [0.29, 0.717) is 11.1 Å². The number of ether oxygens (including phenoxy) is 1. The summed E-state index contributed by atoms with van der Waals surface area (Å²) in [4.78, 5) is 12.3. The summed E-state index contributed by atoms with van der Waals surface area (Å²) < 4.78 is 5.78. The van der Waals surface area contributed by atoms with Crippen LogP contribution in [0.2, 0.25) is 0 Å². The van der Waals surface area contributed by atoms with Crippen molar-refractivity contribution in [1.82, 2.24) is 0 Å². The van der Waals surface area contributed by atoms with Crippen LogP contribution in [-0.2, 0) is 0 Å². The van der Waals surface area contributed by atoms with Crippen LogP contribution in [0.4, 0.5) is 0 Å². The molecule has 0 aliphatic carbocycles. The standard InChI is InChI=1S/C23H29O2/c1-2-3-4-5-6-7-8-12-19-25-22-17-15-21(16-18-22)23(24)20-13-10-9-11-14-20/h10-11,13-18H,2-8,12,19H2,1H3. The molecule has 2 nitrogen and oxygen atoms in total. The predicted molar refractivity (Wildman–Crippen MR) is 103 cm³/mol. The molecule has 133 valence electrons. The number of rotatable bonds is 12. The average molecular weight is 337 g/mol. The van der Waals surface area contributed by atoms with Crippen LogP contribution in [0.3, 0.4) is 0 Å². The topological polar surface area (TPSA) is 26.3 Å². The van der Waals surface area contributed by atoms with Gasteiger partial charge in [-0.3, -0.25) is 4.79 Å². The number of hydrogen-bond acceptors (Lipinski definition) is 2. The molecule has 0 aliphatic heterocycles. The molecule has 1 radical (unpaired) electrons. The molecule has 0 spiro atoms. The average Bonchev–Trinajstić information content (AvgIpc) is 2.67. The normalized spacial score (nSPS) is 10.6. The molecule has 0 amide bonds. The molecule has 0 heterocycles. The van der Waals surface area contributed by atoms with Crippen molar-refractivity contribution in [3.63, 3.8) is 0 Å². The largest absolute Gasteiger partial charge is 0.494 e. The lowest BCUT2D eigenvalue weighted by Crippen LogP contribution is -2.01. The first-order valence-electron chi connectivity index (χ1n) is 9.55. The fraction of sp³-hybridized carbons (Fsp3) is 0.435. The van der Waals surface area contributed by atoms with Crippen molar-refractivity contribution in [2.45, 2.75) is 58.3 Å². The monoisotopic (exact) mass is 337 g/mol. The Morgan fingerprint density at radius 3 is 2.00 bits per heavy atom. The minimum absolute atomic E-state index is 0.0311. The van der Waals surface area contributed by atoms with E-state index >= 15 is 0 Å². The van der Waals surface area contributed by atoms with Crippen molar-refractivity contribution < 1.29 is 9.53 Å². The van der Waals surface area contributed by atoms with Gasteiger partial charge in [0.05, 0.1) is 6.61 Å². The van der Waals surface area contributed by atoms with E-state index in [1.54, 1.807) is 24.3 Å². The van der Waals surface area contributed by atoms with Crippen molar-refractivity contribution in [2.24, 2.45) is 0 Å². The number of ketones is 1. The molecule has 2 aromatic carbocycles. The Balaban J connectivity index is 1.65. The van der Waals surface area contributed by atoms with E-state index in [1.807, 2.05) is 24.3 Å². The van der Waals surface area contributed by atoms with Gasteiger partial charge in [0, 0.05) is 11.1 Å². The number of hydrogen-bond donors (Lipinski definition) is 0. The quantitative estimate of drug-likeness (QED) is 0.338. The molecule has 0 saturated heterocycles. The molecule has 0 aromatic heterocycles. The maximum atomic E-state index is 12.3. The van der Waals surface area contributed by atoms with Crippen LogP contribution in [0, 0.1) is 6.07 Å². The molecular formula is C23H29O2. The van der Waals surface area contributed by atoms with Crippen LogP contribution in [0.25, 0.3) is 0 Å². The third-order valence-electron chi connectivity index (χ3n) is 4.36. The van der Waals surface area contributed by atoms with Gasteiger partial charge >= 0.3 is 0 Å². The van der Waals surface area contributed by atoms with Crippen LogP contribution in [-0.4, -0.2) is 12.4 Å². The molecule has 0 unspecified atom stereocenters. The van der Waals surface area contributed by atoms with Gasteiger partial charge in [-0.2, -0.15) is 0 Å². The van der Waals surface area contributed by atoms with E-state index in [0.717, 1.165) is 18.8 Å². The molecule has 2 aromatic rings. The Morgan fingerprint density at radius 1 is 0.800 bits per heavy atom. The number of carbonyl (C=O) groups is 1. The SMILES string of the molecule is CCCCCCCCCCOc1ccc(C(=O)c2cc[c]cc2)cc1. The first-order valence-corrected chi connectivity index (χ1v) is 9.55. The lowest BCUT2D eigenvalue weighted by Gasteiger charge is -2.07. The molecule has 0 N–H and O–H groups in total. The van der Waals surface area contributed by atoms with Gasteiger partial charge in [0.1, 0.15) is 5.75 Å². The Hall–Kier alpha value is -2.09. The molecule has 2 rings (SSSR count). The Kier molecular flexibility index (Phi) is 8.82. The van der Waals surface area contributed by atoms with Crippen molar-refractivity contribution in [3.8, 4) is 5.75 Å². The van der Waals surface area contributed by atoms with Gasteiger partial charge < -0.3 is 4.74 Å². The molecule has 0 atom stereocenters. The van der Waals surface area contributed by atoms with Crippen LogP contribution in [0.5, 0.6) is 5.75 Å². The fourth-order valence-corrected chi connectivity index (χ4v) is 2.83. The highest BCUT2D eigenvalue weighted by Gasteiger charge is 2.08. The second-order valence-electron chi connectivity index (χ2n) is 6.47. The summed E-state index contributed by atoms with van der Waals surface area (Å²) >= 11 is 0. The summed E-state index contributed by atoms with van der Waals surface area (Å²) in [6, 6.07) is 17.5. The van der Waals surface area contributed by atoms with E-state index < -0.39 is 0 Å². The molecule has 0 bridgehead atoms. The van der Waals surface area contributed by atoms with Crippen molar-refractivity contribution >= 4 is 5.78 Å². The zero-order valence-electron chi connectivity index (χ0n) is 15.3. The van der Waals surface area contributed by atoms with Gasteiger partial charge in [-0.05, 0) is 36.8 Å². The highest BCUT2D eigenvalue weighted by Crippen LogP contribution is 2.16. The highest BCUT2D eigenvalue weighted by molar-refractivity contribution is 6.08. The van der Waals surface area contributed by atoms with E-state index in [4.69, 9.17) is 4.74 Å². The molecule has 0 fully saturated rings. The zero-order chi connectivity index (χ0) is 17.7. The van der Waals surface area contributed by atoms with Crippen molar-refractivity contribution in [1.29, 1.82) is 0 Å². The predicted octanol–water partition coefficient (Wildman–Crippen LogP) is 6.24. The number of carbonyl (C=O) groups excluding carboxylic acids is 1. The van der Waals surface area contributed by atoms with E-state index in [-0.39, 0.29) is 5.78 Å². The molecule has 0 aliphatic rings.